The highest BCUT2D eigenvalue weighted by atomic mass is 32.1. The molecule has 0 spiro atoms. The highest BCUT2D eigenvalue weighted by Crippen LogP contribution is 2.13. The van der Waals surface area contributed by atoms with Crippen LogP contribution >= 0.6 is 11.3 Å². The van der Waals surface area contributed by atoms with E-state index in [-0.39, 0.29) is 11.8 Å². The molecule has 0 bridgehead atoms. The third-order valence-corrected chi connectivity index (χ3v) is 4.79. The van der Waals surface area contributed by atoms with Crippen molar-refractivity contribution in [1.82, 2.24) is 5.32 Å². The van der Waals surface area contributed by atoms with Crippen molar-refractivity contribution in [1.29, 1.82) is 0 Å². The average molecular weight is 359 g/mol. The predicted molar refractivity (Wildman–Crippen MR) is 104 cm³/mol. The average Bonchev–Trinajstić information content (AvgIpc) is 3.15. The number of thiophene rings is 1. The summed E-state index contributed by atoms with van der Waals surface area (Å²) in [6.07, 6.45) is 5.79. The van der Waals surface area contributed by atoms with Gasteiger partial charge in [0, 0.05) is 18.7 Å². The smallest absolute Gasteiger partial charge is 0.261 e. The highest BCUT2D eigenvalue weighted by Gasteiger charge is 2.06. The number of amides is 2. The Balaban J connectivity index is 1.63. The molecule has 0 saturated heterocycles. The number of hydrogen-bond donors (Lipinski definition) is 2. The van der Waals surface area contributed by atoms with Crippen LogP contribution in [0.1, 0.15) is 54.3 Å². The zero-order valence-electron chi connectivity index (χ0n) is 14.7. The number of benzene rings is 1. The minimum atomic E-state index is -0.0749. The molecule has 25 heavy (non-hydrogen) atoms. The molecule has 2 N–H and O–H groups in total. The van der Waals surface area contributed by atoms with Crippen LogP contribution in [0.5, 0.6) is 0 Å². The molecule has 0 aliphatic heterocycles. The number of carbonyl (C=O) groups is 2. The van der Waals surface area contributed by atoms with E-state index in [2.05, 4.69) is 29.7 Å². The molecule has 2 aromatic rings. The van der Waals surface area contributed by atoms with Crippen molar-refractivity contribution in [2.45, 2.75) is 45.4 Å². The first-order chi connectivity index (χ1) is 12.2. The Morgan fingerprint density at radius 2 is 1.84 bits per heavy atom. The Hall–Kier alpha value is -2.14. The lowest BCUT2D eigenvalue weighted by molar-refractivity contribution is -0.116. The van der Waals surface area contributed by atoms with Crippen LogP contribution in [0, 0.1) is 0 Å². The first-order valence-corrected chi connectivity index (χ1v) is 9.77. The molecular formula is C20H26N2O2S. The van der Waals surface area contributed by atoms with E-state index in [1.807, 2.05) is 23.6 Å². The van der Waals surface area contributed by atoms with E-state index >= 15 is 0 Å². The van der Waals surface area contributed by atoms with Gasteiger partial charge < -0.3 is 10.6 Å². The van der Waals surface area contributed by atoms with E-state index in [9.17, 15) is 9.59 Å². The van der Waals surface area contributed by atoms with E-state index in [4.69, 9.17) is 0 Å². The lowest BCUT2D eigenvalue weighted by Gasteiger charge is -2.07. The van der Waals surface area contributed by atoms with Crippen LogP contribution in [0.3, 0.4) is 0 Å². The van der Waals surface area contributed by atoms with E-state index in [0.29, 0.717) is 24.3 Å². The maximum Gasteiger partial charge on any atom is 0.261 e. The Bertz CT molecular complexity index is 651. The Morgan fingerprint density at radius 3 is 2.52 bits per heavy atom. The van der Waals surface area contributed by atoms with E-state index in [1.54, 1.807) is 6.07 Å². The second-order valence-electron chi connectivity index (χ2n) is 6.04. The number of rotatable bonds is 10. The zero-order valence-corrected chi connectivity index (χ0v) is 15.5. The van der Waals surface area contributed by atoms with Gasteiger partial charge in [0.05, 0.1) is 4.88 Å². The van der Waals surface area contributed by atoms with Gasteiger partial charge >= 0.3 is 0 Å². The third kappa shape index (κ3) is 7.10. The Kier molecular flexibility index (Phi) is 8.19. The van der Waals surface area contributed by atoms with Crippen LogP contribution in [0.25, 0.3) is 0 Å². The largest absolute Gasteiger partial charge is 0.351 e. The molecule has 1 aromatic heterocycles. The van der Waals surface area contributed by atoms with Gasteiger partial charge in [0.1, 0.15) is 0 Å². The van der Waals surface area contributed by atoms with E-state index in [1.165, 1.54) is 36.2 Å². The number of anilines is 1. The third-order valence-electron chi connectivity index (χ3n) is 3.92. The van der Waals surface area contributed by atoms with Crippen LogP contribution in [-0.2, 0) is 11.2 Å². The van der Waals surface area contributed by atoms with Gasteiger partial charge in [-0.15, -0.1) is 11.3 Å². The first kappa shape index (κ1) is 19.2. The van der Waals surface area contributed by atoms with Gasteiger partial charge in [0.15, 0.2) is 0 Å². The predicted octanol–water partition coefficient (Wildman–Crippen LogP) is 4.63. The summed E-state index contributed by atoms with van der Waals surface area (Å²) in [5, 5.41) is 7.60. The molecule has 1 heterocycles. The standard InChI is InChI=1S/C20H26N2O2S/c1-2-3-4-7-16-10-12-17(13-11-16)22-19(23)9-5-14-21-20(24)18-8-6-15-25-18/h6,8,10-13,15H,2-5,7,9,14H2,1H3,(H,21,24)(H,22,23). The quantitative estimate of drug-likeness (QED) is 0.608. The SMILES string of the molecule is CCCCCc1ccc(NC(=O)CCCNC(=O)c2cccs2)cc1. The Morgan fingerprint density at radius 1 is 1.04 bits per heavy atom. The zero-order chi connectivity index (χ0) is 17.9. The minimum Gasteiger partial charge on any atom is -0.351 e. The van der Waals surface area contributed by atoms with Crippen LogP contribution in [-0.4, -0.2) is 18.4 Å². The number of aryl methyl sites for hydroxylation is 1. The van der Waals surface area contributed by atoms with Crippen molar-refractivity contribution in [3.8, 4) is 0 Å². The normalized spacial score (nSPS) is 10.4. The van der Waals surface area contributed by atoms with E-state index < -0.39 is 0 Å². The second kappa shape index (κ2) is 10.7. The Labute approximate surface area is 153 Å². The van der Waals surface area contributed by atoms with Crippen molar-refractivity contribution < 1.29 is 9.59 Å². The molecule has 0 fully saturated rings. The second-order valence-corrected chi connectivity index (χ2v) is 6.99. The molecule has 0 atom stereocenters. The maximum absolute atomic E-state index is 12.0. The number of unbranched alkanes of at least 4 members (excludes halogenated alkanes) is 2. The summed E-state index contributed by atoms with van der Waals surface area (Å²) in [5.41, 5.74) is 2.13. The van der Waals surface area contributed by atoms with Crippen molar-refractivity contribution in [3.63, 3.8) is 0 Å². The summed E-state index contributed by atoms with van der Waals surface area (Å²) in [5.74, 6) is -0.0989. The molecule has 5 heteroatoms. The summed E-state index contributed by atoms with van der Waals surface area (Å²) >= 11 is 1.41. The molecular weight excluding hydrogens is 332 g/mol. The van der Waals surface area contributed by atoms with Gasteiger partial charge in [-0.25, -0.2) is 0 Å². The van der Waals surface area contributed by atoms with E-state index in [0.717, 1.165) is 12.1 Å². The van der Waals surface area contributed by atoms with Crippen molar-refractivity contribution >= 4 is 28.8 Å². The number of carbonyl (C=O) groups excluding carboxylic acids is 2. The van der Waals surface area contributed by atoms with Crippen molar-refractivity contribution in [2.75, 3.05) is 11.9 Å². The molecule has 0 saturated carbocycles. The molecule has 0 radical (unpaired) electrons. The fourth-order valence-corrected chi connectivity index (χ4v) is 3.14. The van der Waals surface area contributed by atoms with Gasteiger partial charge in [0.2, 0.25) is 5.91 Å². The lowest BCUT2D eigenvalue weighted by Crippen LogP contribution is -2.24. The summed E-state index contributed by atoms with van der Waals surface area (Å²) in [7, 11) is 0. The highest BCUT2D eigenvalue weighted by molar-refractivity contribution is 7.12. The monoisotopic (exact) mass is 358 g/mol. The van der Waals surface area contributed by atoms with Crippen LogP contribution in [0.15, 0.2) is 41.8 Å². The molecule has 134 valence electrons. The van der Waals surface area contributed by atoms with Crippen LogP contribution < -0.4 is 10.6 Å². The fraction of sp³-hybridized carbons (Fsp3) is 0.400. The molecule has 1 aromatic carbocycles. The maximum atomic E-state index is 12.0. The number of nitrogens with one attached hydrogen (secondary N) is 2. The fourth-order valence-electron chi connectivity index (χ4n) is 2.50. The molecule has 0 unspecified atom stereocenters. The summed E-state index contributed by atoms with van der Waals surface area (Å²) < 4.78 is 0. The molecule has 4 nitrogen and oxygen atoms in total. The molecule has 2 rings (SSSR count). The first-order valence-electron chi connectivity index (χ1n) is 8.89. The van der Waals surface area contributed by atoms with Gasteiger partial charge in [-0.3, -0.25) is 9.59 Å². The van der Waals surface area contributed by atoms with Crippen molar-refractivity contribution in [2.24, 2.45) is 0 Å². The molecule has 0 aliphatic carbocycles. The molecule has 0 aliphatic rings. The minimum absolute atomic E-state index is 0.0240. The summed E-state index contributed by atoms with van der Waals surface area (Å²) in [6.45, 7) is 2.70. The summed E-state index contributed by atoms with van der Waals surface area (Å²) in [6, 6.07) is 11.7. The molecule has 2 amide bonds. The van der Waals surface area contributed by atoms with Gasteiger partial charge in [-0.1, -0.05) is 38.0 Å². The van der Waals surface area contributed by atoms with Gasteiger partial charge in [-0.2, -0.15) is 0 Å². The number of hydrogen-bond acceptors (Lipinski definition) is 3. The van der Waals surface area contributed by atoms with Crippen LogP contribution in [0.2, 0.25) is 0 Å². The van der Waals surface area contributed by atoms with Crippen molar-refractivity contribution in [3.05, 3.63) is 52.2 Å². The summed E-state index contributed by atoms with van der Waals surface area (Å²) in [4.78, 5) is 24.4. The van der Waals surface area contributed by atoms with Crippen LogP contribution in [0.4, 0.5) is 5.69 Å². The topological polar surface area (TPSA) is 58.2 Å². The van der Waals surface area contributed by atoms with Gasteiger partial charge in [0.25, 0.3) is 5.91 Å². The van der Waals surface area contributed by atoms with Gasteiger partial charge in [-0.05, 0) is 48.4 Å². The lowest BCUT2D eigenvalue weighted by atomic mass is 10.1.